The molecule has 2 aromatic carbocycles. The first-order chi connectivity index (χ1) is 13.6. The van der Waals surface area contributed by atoms with Crippen molar-refractivity contribution in [1.82, 2.24) is 15.0 Å². The zero-order chi connectivity index (χ0) is 21.2. The molecule has 0 bridgehead atoms. The Morgan fingerprint density at radius 1 is 1.14 bits per heavy atom. The number of hydrogen-bond acceptors (Lipinski definition) is 5. The maximum absolute atomic E-state index is 13.1. The molecule has 1 heterocycles. The number of amides is 1. The Kier molecular flexibility index (Phi) is 5.92. The van der Waals surface area contributed by atoms with Gasteiger partial charge in [0, 0.05) is 0 Å². The molecule has 0 saturated carbocycles. The van der Waals surface area contributed by atoms with Gasteiger partial charge in [-0.05, 0) is 31.2 Å². The van der Waals surface area contributed by atoms with Crippen LogP contribution in [0.3, 0.4) is 0 Å². The lowest BCUT2D eigenvalue weighted by Crippen LogP contribution is -2.44. The maximum atomic E-state index is 13.1. The lowest BCUT2D eigenvalue weighted by atomic mass is 10.2. The molecule has 0 aliphatic carbocycles. The van der Waals surface area contributed by atoms with Gasteiger partial charge in [-0.3, -0.25) is 4.79 Å². The minimum absolute atomic E-state index is 0.0728. The molecule has 1 amide bonds. The summed E-state index contributed by atoms with van der Waals surface area (Å²) in [6.45, 7) is 1.32. The van der Waals surface area contributed by atoms with E-state index in [2.05, 4.69) is 10.3 Å². The summed E-state index contributed by atoms with van der Waals surface area (Å²) in [5.41, 5.74) is -0.520. The summed E-state index contributed by atoms with van der Waals surface area (Å²) in [6, 6.07) is 9.91. The first-order valence-electron chi connectivity index (χ1n) is 8.38. The Bertz CT molecular complexity index is 1110. The summed E-state index contributed by atoms with van der Waals surface area (Å²) in [4.78, 5) is 15.7. The van der Waals surface area contributed by atoms with Gasteiger partial charge in [0.05, 0.1) is 33.3 Å². The van der Waals surface area contributed by atoms with E-state index in [4.69, 9.17) is 0 Å². The van der Waals surface area contributed by atoms with E-state index in [1.165, 1.54) is 24.3 Å². The Balaban J connectivity index is 1.69. The van der Waals surface area contributed by atoms with Crippen LogP contribution < -0.4 is 10.0 Å². The second-order valence-corrected chi connectivity index (χ2v) is 8.93. The van der Waals surface area contributed by atoms with Gasteiger partial charge in [0.2, 0.25) is 15.9 Å². The fraction of sp³-hybridized carbons (Fsp3) is 0.222. The first kappa shape index (κ1) is 21.2. The van der Waals surface area contributed by atoms with Crippen LogP contribution in [0.25, 0.3) is 10.2 Å². The molecule has 2 N–H and O–H groups in total. The zero-order valence-electron chi connectivity index (χ0n) is 15.0. The fourth-order valence-corrected chi connectivity index (χ4v) is 4.93. The van der Waals surface area contributed by atoms with Gasteiger partial charge in [-0.1, -0.05) is 24.3 Å². The van der Waals surface area contributed by atoms with Crippen LogP contribution in [0, 0.1) is 0 Å². The molecular formula is C18H16F3N3O3S2. The number of halogens is 3. The van der Waals surface area contributed by atoms with Gasteiger partial charge < -0.3 is 5.32 Å². The van der Waals surface area contributed by atoms with Crippen LogP contribution in [0.15, 0.2) is 53.4 Å². The SMILES string of the molecule is C[C@H](NS(=O)(=O)c1ccccc1C(F)(F)F)C(=O)NCc1nc2ccccc2s1. The van der Waals surface area contributed by atoms with Gasteiger partial charge in [-0.25, -0.2) is 13.4 Å². The van der Waals surface area contributed by atoms with Crippen molar-refractivity contribution in [3.63, 3.8) is 0 Å². The number of benzene rings is 2. The van der Waals surface area contributed by atoms with E-state index < -0.39 is 38.6 Å². The number of para-hydroxylation sites is 1. The number of aromatic nitrogens is 1. The summed E-state index contributed by atoms with van der Waals surface area (Å²) < 4.78 is 67.0. The molecule has 11 heteroatoms. The van der Waals surface area contributed by atoms with Crippen molar-refractivity contribution in [2.24, 2.45) is 0 Å². The summed E-state index contributed by atoms with van der Waals surface area (Å²) >= 11 is 1.38. The molecule has 1 aromatic heterocycles. The van der Waals surface area contributed by atoms with Crippen molar-refractivity contribution in [2.75, 3.05) is 0 Å². The Labute approximate surface area is 168 Å². The zero-order valence-corrected chi connectivity index (χ0v) is 16.7. The second-order valence-electron chi connectivity index (χ2n) is 6.13. The van der Waals surface area contributed by atoms with Crippen LogP contribution in [-0.4, -0.2) is 25.4 Å². The van der Waals surface area contributed by atoms with Crippen LogP contribution in [0.2, 0.25) is 0 Å². The lowest BCUT2D eigenvalue weighted by molar-refractivity contribution is -0.139. The molecule has 0 fully saturated rings. The Hall–Kier alpha value is -2.50. The number of rotatable bonds is 6. The Morgan fingerprint density at radius 2 is 1.79 bits per heavy atom. The molecular weight excluding hydrogens is 427 g/mol. The van der Waals surface area contributed by atoms with E-state index in [0.29, 0.717) is 11.1 Å². The van der Waals surface area contributed by atoms with Crippen LogP contribution in [0.5, 0.6) is 0 Å². The van der Waals surface area contributed by atoms with Crippen molar-refractivity contribution in [3.8, 4) is 0 Å². The van der Waals surface area contributed by atoms with E-state index in [-0.39, 0.29) is 6.54 Å². The summed E-state index contributed by atoms with van der Waals surface area (Å²) in [5.74, 6) is -0.683. The average molecular weight is 443 g/mol. The molecule has 6 nitrogen and oxygen atoms in total. The largest absolute Gasteiger partial charge is 0.417 e. The number of nitrogens with one attached hydrogen (secondary N) is 2. The summed E-state index contributed by atoms with van der Waals surface area (Å²) in [6.07, 6.45) is -4.84. The van der Waals surface area contributed by atoms with Gasteiger partial charge >= 0.3 is 6.18 Å². The molecule has 1 atom stereocenters. The third-order valence-corrected chi connectivity index (χ3v) is 6.59. The number of nitrogens with zero attached hydrogens (tertiary/aromatic N) is 1. The Morgan fingerprint density at radius 3 is 2.48 bits per heavy atom. The quantitative estimate of drug-likeness (QED) is 0.612. The van der Waals surface area contributed by atoms with Gasteiger partial charge in [-0.2, -0.15) is 17.9 Å². The number of thiazole rings is 1. The normalized spacial score (nSPS) is 13.4. The highest BCUT2D eigenvalue weighted by Crippen LogP contribution is 2.33. The highest BCUT2D eigenvalue weighted by molar-refractivity contribution is 7.89. The summed E-state index contributed by atoms with van der Waals surface area (Å²) in [5, 5.41) is 3.16. The van der Waals surface area contributed by atoms with Crippen molar-refractivity contribution < 1.29 is 26.4 Å². The molecule has 0 aliphatic rings. The summed E-state index contributed by atoms with van der Waals surface area (Å²) in [7, 11) is -4.57. The van der Waals surface area contributed by atoms with Gasteiger partial charge in [-0.15, -0.1) is 11.3 Å². The number of hydrogen-bond donors (Lipinski definition) is 2. The van der Waals surface area contributed by atoms with Crippen LogP contribution in [0.4, 0.5) is 13.2 Å². The predicted octanol–water partition coefficient (Wildman–Crippen LogP) is 3.30. The molecule has 3 rings (SSSR count). The number of sulfonamides is 1. The molecule has 29 heavy (non-hydrogen) atoms. The highest BCUT2D eigenvalue weighted by Gasteiger charge is 2.37. The lowest BCUT2D eigenvalue weighted by Gasteiger charge is -2.17. The van der Waals surface area contributed by atoms with Gasteiger partial charge in [0.15, 0.2) is 0 Å². The van der Waals surface area contributed by atoms with Crippen LogP contribution in [0.1, 0.15) is 17.5 Å². The van der Waals surface area contributed by atoms with Crippen molar-refractivity contribution >= 4 is 37.5 Å². The predicted molar refractivity (Wildman–Crippen MR) is 103 cm³/mol. The fourth-order valence-electron chi connectivity index (χ4n) is 2.60. The molecule has 0 aliphatic heterocycles. The molecule has 0 spiro atoms. The topological polar surface area (TPSA) is 88.2 Å². The van der Waals surface area contributed by atoms with Crippen molar-refractivity contribution in [3.05, 3.63) is 59.1 Å². The van der Waals surface area contributed by atoms with E-state index in [1.807, 2.05) is 29.0 Å². The van der Waals surface area contributed by atoms with E-state index >= 15 is 0 Å². The number of fused-ring (bicyclic) bond motifs is 1. The van der Waals surface area contributed by atoms with Gasteiger partial charge in [0.25, 0.3) is 0 Å². The van der Waals surface area contributed by atoms with Crippen LogP contribution in [-0.2, 0) is 27.5 Å². The van der Waals surface area contributed by atoms with E-state index in [9.17, 15) is 26.4 Å². The third kappa shape index (κ3) is 4.92. The van der Waals surface area contributed by atoms with E-state index in [0.717, 1.165) is 22.3 Å². The maximum Gasteiger partial charge on any atom is 0.417 e. The minimum atomic E-state index is -4.84. The molecule has 154 valence electrons. The highest BCUT2D eigenvalue weighted by atomic mass is 32.2. The van der Waals surface area contributed by atoms with Crippen LogP contribution >= 0.6 is 11.3 Å². The molecule has 0 unspecified atom stereocenters. The molecule has 0 saturated heterocycles. The number of alkyl halides is 3. The standard InChI is InChI=1S/C18H16F3N3O3S2/c1-11(17(25)22-10-16-23-13-7-3-4-8-14(13)28-16)24-29(26,27)15-9-5-2-6-12(15)18(19,20)21/h2-9,11,24H,10H2,1H3,(H,22,25)/t11-/m0/s1. The molecule has 0 radical (unpaired) electrons. The second kappa shape index (κ2) is 8.09. The van der Waals surface area contributed by atoms with E-state index in [1.54, 1.807) is 0 Å². The van der Waals surface area contributed by atoms with Crippen molar-refractivity contribution in [1.29, 1.82) is 0 Å². The smallest absolute Gasteiger partial charge is 0.348 e. The first-order valence-corrected chi connectivity index (χ1v) is 10.7. The van der Waals surface area contributed by atoms with Gasteiger partial charge in [0.1, 0.15) is 5.01 Å². The molecule has 3 aromatic rings. The number of carbonyl (C=O) groups excluding carboxylic acids is 1. The third-order valence-electron chi connectivity index (χ3n) is 3.96. The number of carbonyl (C=O) groups is 1. The minimum Gasteiger partial charge on any atom is -0.348 e. The average Bonchev–Trinajstić information content (AvgIpc) is 3.08. The monoisotopic (exact) mass is 443 g/mol. The van der Waals surface area contributed by atoms with Crippen molar-refractivity contribution in [2.45, 2.75) is 30.6 Å².